The van der Waals surface area contributed by atoms with Crippen LogP contribution in [0.1, 0.15) is 52.4 Å². The second-order valence-corrected chi connectivity index (χ2v) is 9.15. The van der Waals surface area contributed by atoms with E-state index in [4.69, 9.17) is 4.74 Å². The highest BCUT2D eigenvalue weighted by molar-refractivity contribution is 5.98. The van der Waals surface area contributed by atoms with Crippen LogP contribution >= 0.6 is 0 Å². The summed E-state index contributed by atoms with van der Waals surface area (Å²) in [7, 11) is 0. The molecule has 0 aliphatic heterocycles. The lowest BCUT2D eigenvalue weighted by Crippen LogP contribution is -2.18. The summed E-state index contributed by atoms with van der Waals surface area (Å²) in [5, 5.41) is 4.70. The molecule has 182 valence electrons. The van der Waals surface area contributed by atoms with Crippen molar-refractivity contribution in [3.8, 4) is 11.3 Å². The molecule has 0 saturated heterocycles. The molecule has 5 nitrogen and oxygen atoms in total. The van der Waals surface area contributed by atoms with Crippen LogP contribution in [0.5, 0.6) is 0 Å². The predicted molar refractivity (Wildman–Crippen MR) is 143 cm³/mol. The van der Waals surface area contributed by atoms with E-state index in [0.29, 0.717) is 12.2 Å². The topological polar surface area (TPSA) is 67.0 Å². The number of pyridine rings is 1. The molecule has 2 N–H and O–H groups in total. The summed E-state index contributed by atoms with van der Waals surface area (Å²) < 4.78 is 5.24. The highest BCUT2D eigenvalue weighted by Gasteiger charge is 2.16. The molecule has 2 heterocycles. The van der Waals surface area contributed by atoms with Crippen LogP contribution in [0.2, 0.25) is 0 Å². The number of unbranched alkanes of at least 4 members (excludes halogenated alkanes) is 1. The molecule has 0 amide bonds. The maximum atomic E-state index is 12.4. The Kier molecular flexibility index (Phi) is 8.32. The van der Waals surface area contributed by atoms with Gasteiger partial charge < -0.3 is 15.0 Å². The molecule has 2 aromatic heterocycles. The third kappa shape index (κ3) is 6.37. The number of fused-ring (bicyclic) bond motifs is 1. The highest BCUT2D eigenvalue weighted by atomic mass is 16.5. The van der Waals surface area contributed by atoms with Crippen molar-refractivity contribution < 1.29 is 9.53 Å². The number of aryl methyl sites for hydroxylation is 3. The largest absolute Gasteiger partial charge is 0.462 e. The number of benzene rings is 2. The second-order valence-electron chi connectivity index (χ2n) is 9.15. The van der Waals surface area contributed by atoms with E-state index in [1.165, 1.54) is 27.8 Å². The van der Waals surface area contributed by atoms with Crippen molar-refractivity contribution >= 4 is 16.9 Å². The minimum atomic E-state index is -0.276. The van der Waals surface area contributed by atoms with Crippen molar-refractivity contribution in [3.05, 3.63) is 88.7 Å². The monoisotopic (exact) mass is 469 g/mol. The number of nitrogens with one attached hydrogen (secondary N) is 2. The Labute approximate surface area is 207 Å². The molecular formula is C30H35N3O2. The number of carbonyl (C=O) groups excluding carboxylic acids is 1. The van der Waals surface area contributed by atoms with Crippen molar-refractivity contribution in [2.24, 2.45) is 0 Å². The molecule has 0 radical (unpaired) electrons. The SMILES string of the molecule is CCOC(=O)c1ccc2[nH]c(-c3cc(C)cc(C)c3)c(CCNCCCCc3ccncc3)c2c1. The fourth-order valence-electron chi connectivity index (χ4n) is 4.68. The van der Waals surface area contributed by atoms with Gasteiger partial charge in [-0.3, -0.25) is 4.98 Å². The first-order valence-electron chi connectivity index (χ1n) is 12.5. The Morgan fingerprint density at radius 3 is 2.46 bits per heavy atom. The van der Waals surface area contributed by atoms with Gasteiger partial charge in [0.05, 0.1) is 12.2 Å². The van der Waals surface area contributed by atoms with Gasteiger partial charge in [0.25, 0.3) is 0 Å². The number of aromatic amines is 1. The van der Waals surface area contributed by atoms with E-state index < -0.39 is 0 Å². The first kappa shape index (κ1) is 24.7. The summed E-state index contributed by atoms with van der Waals surface area (Å²) in [4.78, 5) is 20.1. The number of ether oxygens (including phenoxy) is 1. The molecule has 0 saturated carbocycles. The molecule has 0 spiro atoms. The zero-order valence-corrected chi connectivity index (χ0v) is 21.0. The molecule has 0 unspecified atom stereocenters. The average Bonchev–Trinajstić information content (AvgIpc) is 3.21. The van der Waals surface area contributed by atoms with E-state index in [0.717, 1.165) is 55.4 Å². The summed E-state index contributed by atoms with van der Waals surface area (Å²) >= 11 is 0. The molecule has 35 heavy (non-hydrogen) atoms. The highest BCUT2D eigenvalue weighted by Crippen LogP contribution is 2.32. The molecular weight excluding hydrogens is 434 g/mol. The van der Waals surface area contributed by atoms with Crippen LogP contribution in [0.15, 0.2) is 60.9 Å². The third-order valence-corrected chi connectivity index (χ3v) is 6.30. The summed E-state index contributed by atoms with van der Waals surface area (Å²) in [5.74, 6) is -0.276. The number of H-pyrrole nitrogens is 1. The summed E-state index contributed by atoms with van der Waals surface area (Å²) in [6.07, 6.45) is 7.96. The zero-order chi connectivity index (χ0) is 24.6. The predicted octanol–water partition coefficient (Wildman–Crippen LogP) is 6.18. The third-order valence-electron chi connectivity index (χ3n) is 6.30. The standard InChI is InChI=1S/C30H35N3O2/c1-4-35-30(34)24-8-9-28-27(20-24)26(29(33-28)25-18-21(2)17-22(3)19-25)12-16-31-13-6-5-7-23-10-14-32-15-11-23/h8-11,14-15,17-20,31,33H,4-7,12-13,16H2,1-3H3. The van der Waals surface area contributed by atoms with E-state index in [9.17, 15) is 4.79 Å². The van der Waals surface area contributed by atoms with Gasteiger partial charge in [-0.05, 0) is 119 Å². The molecule has 0 aliphatic rings. The van der Waals surface area contributed by atoms with Gasteiger partial charge in [0.15, 0.2) is 0 Å². The van der Waals surface area contributed by atoms with Crippen LogP contribution in [0.4, 0.5) is 0 Å². The Morgan fingerprint density at radius 1 is 0.943 bits per heavy atom. The van der Waals surface area contributed by atoms with E-state index >= 15 is 0 Å². The van der Waals surface area contributed by atoms with Gasteiger partial charge in [0.1, 0.15) is 0 Å². The van der Waals surface area contributed by atoms with Gasteiger partial charge in [-0.2, -0.15) is 0 Å². The van der Waals surface area contributed by atoms with Gasteiger partial charge in [-0.1, -0.05) is 17.2 Å². The Bertz CT molecular complexity index is 1260. The minimum Gasteiger partial charge on any atom is -0.462 e. The van der Waals surface area contributed by atoms with Crippen LogP contribution in [0.25, 0.3) is 22.2 Å². The van der Waals surface area contributed by atoms with Crippen LogP contribution in [0, 0.1) is 13.8 Å². The smallest absolute Gasteiger partial charge is 0.338 e. The number of nitrogens with zero attached hydrogens (tertiary/aromatic N) is 1. The molecule has 0 fully saturated rings. The number of esters is 1. The number of carbonyl (C=O) groups is 1. The lowest BCUT2D eigenvalue weighted by molar-refractivity contribution is 0.0526. The van der Waals surface area contributed by atoms with E-state index in [1.54, 1.807) is 0 Å². The Morgan fingerprint density at radius 2 is 1.71 bits per heavy atom. The van der Waals surface area contributed by atoms with Crippen LogP contribution in [-0.4, -0.2) is 35.6 Å². The minimum absolute atomic E-state index is 0.276. The molecule has 4 rings (SSSR count). The zero-order valence-electron chi connectivity index (χ0n) is 21.0. The molecule has 0 aliphatic carbocycles. The quantitative estimate of drug-likeness (QED) is 0.203. The van der Waals surface area contributed by atoms with Crippen molar-refractivity contribution in [2.75, 3.05) is 19.7 Å². The Hall–Kier alpha value is -3.44. The van der Waals surface area contributed by atoms with Crippen molar-refractivity contribution in [2.45, 2.75) is 46.5 Å². The maximum Gasteiger partial charge on any atom is 0.338 e. The molecule has 4 aromatic rings. The van der Waals surface area contributed by atoms with Crippen molar-refractivity contribution in [3.63, 3.8) is 0 Å². The van der Waals surface area contributed by atoms with Crippen molar-refractivity contribution in [1.82, 2.24) is 15.3 Å². The first-order valence-corrected chi connectivity index (χ1v) is 12.5. The number of rotatable bonds is 11. The van der Waals surface area contributed by atoms with Crippen molar-refractivity contribution in [1.29, 1.82) is 0 Å². The number of hydrogen-bond donors (Lipinski definition) is 2. The van der Waals surface area contributed by atoms with E-state index in [-0.39, 0.29) is 5.97 Å². The fraction of sp³-hybridized carbons (Fsp3) is 0.333. The second kappa shape index (κ2) is 11.8. The van der Waals surface area contributed by atoms with Gasteiger partial charge >= 0.3 is 5.97 Å². The summed E-state index contributed by atoms with van der Waals surface area (Å²) in [6, 6.07) is 16.6. The number of hydrogen-bond acceptors (Lipinski definition) is 4. The van der Waals surface area contributed by atoms with Crippen LogP contribution < -0.4 is 5.32 Å². The number of aromatic nitrogens is 2. The summed E-state index contributed by atoms with van der Waals surface area (Å²) in [6.45, 7) is 8.33. The molecule has 5 heteroatoms. The van der Waals surface area contributed by atoms with Gasteiger partial charge in [-0.15, -0.1) is 0 Å². The molecule has 0 atom stereocenters. The normalized spacial score (nSPS) is 11.2. The van der Waals surface area contributed by atoms with E-state index in [2.05, 4.69) is 59.5 Å². The first-order chi connectivity index (χ1) is 17.0. The Balaban J connectivity index is 1.49. The fourth-order valence-corrected chi connectivity index (χ4v) is 4.68. The summed E-state index contributed by atoms with van der Waals surface area (Å²) in [5.41, 5.74) is 9.01. The lowest BCUT2D eigenvalue weighted by atomic mass is 9.99. The average molecular weight is 470 g/mol. The van der Waals surface area contributed by atoms with E-state index in [1.807, 2.05) is 37.5 Å². The molecule has 2 aromatic carbocycles. The van der Waals surface area contributed by atoms with Crippen LogP contribution in [0.3, 0.4) is 0 Å². The molecule has 0 bridgehead atoms. The van der Waals surface area contributed by atoms with Gasteiger partial charge in [0.2, 0.25) is 0 Å². The lowest BCUT2D eigenvalue weighted by Gasteiger charge is -2.09. The van der Waals surface area contributed by atoms with Gasteiger partial charge in [-0.25, -0.2) is 4.79 Å². The maximum absolute atomic E-state index is 12.4. The van der Waals surface area contributed by atoms with Gasteiger partial charge in [0, 0.05) is 29.0 Å². The van der Waals surface area contributed by atoms with Crippen LogP contribution in [-0.2, 0) is 17.6 Å².